The first kappa shape index (κ1) is 26.3. The molecule has 1 fully saturated rings. The molecule has 2 aromatic carbocycles. The number of nitrogens with zero attached hydrogens (tertiary/aromatic N) is 4. The Morgan fingerprint density at radius 2 is 1.89 bits per heavy atom. The number of piperazine rings is 1. The van der Waals surface area contributed by atoms with Gasteiger partial charge in [0.1, 0.15) is 5.75 Å². The molecule has 0 aliphatic carbocycles. The second-order valence-corrected chi connectivity index (χ2v) is 10.7. The van der Waals surface area contributed by atoms with Crippen LogP contribution in [0.5, 0.6) is 11.5 Å². The largest absolute Gasteiger partial charge is 0.501 e. The normalized spacial score (nSPS) is 14.1. The van der Waals surface area contributed by atoms with Gasteiger partial charge in [-0.15, -0.1) is 0 Å². The lowest BCUT2D eigenvalue weighted by Crippen LogP contribution is -2.46. The molecule has 9 nitrogen and oxygen atoms in total. The molecule has 1 aliphatic rings. The SMILES string of the molecule is COc1ccccc1N1CCN(Cc2cn3c(=O)c(O)c(C(=O)NCc4ccc(Cl)c(Cl)c4)nc3s2)CC1. The maximum atomic E-state index is 12.8. The molecule has 2 aromatic heterocycles. The van der Waals surface area contributed by atoms with Crippen LogP contribution in [0.2, 0.25) is 10.0 Å². The predicted molar refractivity (Wildman–Crippen MR) is 149 cm³/mol. The Kier molecular flexibility index (Phi) is 7.75. The lowest BCUT2D eigenvalue weighted by atomic mass is 10.2. The zero-order valence-electron chi connectivity index (χ0n) is 20.5. The molecule has 0 radical (unpaired) electrons. The fraction of sp³-hybridized carbons (Fsp3) is 0.269. The zero-order valence-corrected chi connectivity index (χ0v) is 22.8. The van der Waals surface area contributed by atoms with Gasteiger partial charge in [0.2, 0.25) is 5.75 Å². The van der Waals surface area contributed by atoms with Crippen LogP contribution in [0.1, 0.15) is 20.9 Å². The average Bonchev–Trinajstić information content (AvgIpc) is 3.34. The first-order valence-corrected chi connectivity index (χ1v) is 13.5. The van der Waals surface area contributed by atoms with Gasteiger partial charge in [0.25, 0.3) is 5.91 Å². The molecule has 1 amide bonds. The number of benzene rings is 2. The van der Waals surface area contributed by atoms with Gasteiger partial charge in [-0.05, 0) is 29.8 Å². The molecular formula is C26H25Cl2N5O4S. The molecule has 5 rings (SSSR count). The summed E-state index contributed by atoms with van der Waals surface area (Å²) in [6.45, 7) is 4.12. The Morgan fingerprint density at radius 3 is 2.63 bits per heavy atom. The Morgan fingerprint density at radius 1 is 1.13 bits per heavy atom. The monoisotopic (exact) mass is 573 g/mol. The molecule has 0 saturated carbocycles. The fourth-order valence-electron chi connectivity index (χ4n) is 4.38. The first-order valence-electron chi connectivity index (χ1n) is 11.9. The summed E-state index contributed by atoms with van der Waals surface area (Å²) >= 11 is 13.3. The summed E-state index contributed by atoms with van der Waals surface area (Å²) in [6.07, 6.45) is 1.68. The maximum Gasteiger partial charge on any atom is 0.301 e. The van der Waals surface area contributed by atoms with Crippen LogP contribution >= 0.6 is 34.5 Å². The van der Waals surface area contributed by atoms with Crippen molar-refractivity contribution in [2.24, 2.45) is 0 Å². The van der Waals surface area contributed by atoms with Crippen molar-refractivity contribution in [3.05, 3.63) is 85.2 Å². The third-order valence-corrected chi connectivity index (χ3v) is 8.09. The van der Waals surface area contributed by atoms with E-state index in [9.17, 15) is 14.7 Å². The quantitative estimate of drug-likeness (QED) is 0.344. The van der Waals surface area contributed by atoms with E-state index in [1.54, 1.807) is 31.5 Å². The minimum atomic E-state index is -0.691. The van der Waals surface area contributed by atoms with Crippen molar-refractivity contribution in [2.75, 3.05) is 38.2 Å². The van der Waals surface area contributed by atoms with Crippen LogP contribution in [-0.4, -0.2) is 58.6 Å². The van der Waals surface area contributed by atoms with Gasteiger partial charge >= 0.3 is 5.56 Å². The van der Waals surface area contributed by atoms with Gasteiger partial charge in [-0.25, -0.2) is 4.98 Å². The van der Waals surface area contributed by atoms with Crippen LogP contribution in [0.4, 0.5) is 5.69 Å². The van der Waals surface area contributed by atoms with Gasteiger partial charge in [-0.2, -0.15) is 0 Å². The van der Waals surface area contributed by atoms with E-state index in [-0.39, 0.29) is 12.2 Å². The highest BCUT2D eigenvalue weighted by atomic mass is 35.5. The summed E-state index contributed by atoms with van der Waals surface area (Å²) < 4.78 is 6.78. The summed E-state index contributed by atoms with van der Waals surface area (Å²) in [4.78, 5) is 35.7. The number of aromatic hydroxyl groups is 1. The number of thiazole rings is 1. The number of rotatable bonds is 7. The molecule has 1 aliphatic heterocycles. The summed E-state index contributed by atoms with van der Waals surface area (Å²) in [5.74, 6) is -0.494. The zero-order chi connectivity index (χ0) is 26.8. The molecule has 0 spiro atoms. The van der Waals surface area contributed by atoms with Crippen molar-refractivity contribution >= 4 is 51.1 Å². The van der Waals surface area contributed by atoms with Crippen LogP contribution < -0.4 is 20.5 Å². The number of hydrogen-bond acceptors (Lipinski definition) is 8. The smallest absolute Gasteiger partial charge is 0.301 e. The van der Waals surface area contributed by atoms with Crippen molar-refractivity contribution in [3.63, 3.8) is 0 Å². The van der Waals surface area contributed by atoms with Crippen LogP contribution in [0.25, 0.3) is 4.96 Å². The Labute approximate surface area is 232 Å². The van der Waals surface area contributed by atoms with E-state index in [0.29, 0.717) is 27.1 Å². The molecule has 12 heteroatoms. The van der Waals surface area contributed by atoms with Crippen molar-refractivity contribution in [1.29, 1.82) is 0 Å². The molecular weight excluding hydrogens is 549 g/mol. The Balaban J connectivity index is 1.26. The number of aromatic nitrogens is 2. The van der Waals surface area contributed by atoms with Gasteiger partial charge in [-0.1, -0.05) is 52.7 Å². The topological polar surface area (TPSA) is 99.4 Å². The number of nitrogens with one attached hydrogen (secondary N) is 1. The van der Waals surface area contributed by atoms with Crippen molar-refractivity contribution in [1.82, 2.24) is 19.6 Å². The standard InChI is InChI=1S/C26H25Cl2N5O4S/c1-37-21-5-3-2-4-20(21)32-10-8-31(9-11-32)14-17-15-33-25(36)23(34)22(30-26(33)38-17)24(35)29-13-16-6-7-18(27)19(28)12-16/h2-7,12,15,34H,8-11,13-14H2,1H3,(H,29,35). The van der Waals surface area contributed by atoms with Gasteiger partial charge in [0, 0.05) is 50.3 Å². The van der Waals surface area contributed by atoms with Gasteiger partial charge in [0.15, 0.2) is 10.7 Å². The number of amides is 1. The number of methoxy groups -OCH3 is 1. The number of para-hydroxylation sites is 2. The Hall–Kier alpha value is -3.31. The van der Waals surface area contributed by atoms with E-state index in [4.69, 9.17) is 27.9 Å². The van der Waals surface area contributed by atoms with E-state index in [0.717, 1.165) is 42.5 Å². The summed E-state index contributed by atoms with van der Waals surface area (Å²) in [6, 6.07) is 13.0. The minimum absolute atomic E-state index is 0.132. The lowest BCUT2D eigenvalue weighted by Gasteiger charge is -2.36. The molecule has 2 N–H and O–H groups in total. The van der Waals surface area contributed by atoms with E-state index < -0.39 is 17.2 Å². The van der Waals surface area contributed by atoms with E-state index >= 15 is 0 Å². The van der Waals surface area contributed by atoms with Crippen molar-refractivity contribution < 1.29 is 14.6 Å². The molecule has 1 saturated heterocycles. The second kappa shape index (κ2) is 11.2. The number of anilines is 1. The summed E-state index contributed by atoms with van der Waals surface area (Å²) in [5.41, 5.74) is 0.800. The fourth-order valence-corrected chi connectivity index (χ4v) is 5.71. The van der Waals surface area contributed by atoms with Crippen LogP contribution in [0, 0.1) is 0 Å². The maximum absolute atomic E-state index is 12.8. The molecule has 0 unspecified atom stereocenters. The van der Waals surface area contributed by atoms with E-state index in [2.05, 4.69) is 26.2 Å². The summed E-state index contributed by atoms with van der Waals surface area (Å²) in [5, 5.41) is 13.9. The van der Waals surface area contributed by atoms with Crippen LogP contribution in [0.3, 0.4) is 0 Å². The number of ether oxygens (including phenoxy) is 1. The van der Waals surface area contributed by atoms with E-state index in [1.807, 2.05) is 18.2 Å². The number of fused-ring (bicyclic) bond motifs is 1. The average molecular weight is 574 g/mol. The third kappa shape index (κ3) is 5.44. The molecule has 0 atom stereocenters. The van der Waals surface area contributed by atoms with Crippen LogP contribution in [0.15, 0.2) is 53.5 Å². The third-order valence-electron chi connectivity index (χ3n) is 6.38. The molecule has 198 valence electrons. The highest BCUT2D eigenvalue weighted by molar-refractivity contribution is 7.17. The highest BCUT2D eigenvalue weighted by Gasteiger charge is 2.23. The predicted octanol–water partition coefficient (Wildman–Crippen LogP) is 4.03. The molecule has 3 heterocycles. The van der Waals surface area contributed by atoms with Crippen LogP contribution in [-0.2, 0) is 13.1 Å². The number of carbonyl (C=O) groups is 1. The molecule has 0 bridgehead atoms. The molecule has 4 aromatic rings. The number of carbonyl (C=O) groups excluding carboxylic acids is 1. The number of hydrogen-bond donors (Lipinski definition) is 2. The van der Waals surface area contributed by atoms with Crippen molar-refractivity contribution in [2.45, 2.75) is 13.1 Å². The highest BCUT2D eigenvalue weighted by Crippen LogP contribution is 2.29. The van der Waals surface area contributed by atoms with Gasteiger partial charge in [-0.3, -0.25) is 18.9 Å². The first-order chi connectivity index (χ1) is 18.3. The van der Waals surface area contributed by atoms with E-state index in [1.165, 1.54) is 15.7 Å². The minimum Gasteiger partial charge on any atom is -0.501 e. The number of halogens is 2. The van der Waals surface area contributed by atoms with Crippen molar-refractivity contribution in [3.8, 4) is 11.5 Å². The molecule has 38 heavy (non-hydrogen) atoms. The Bertz CT molecular complexity index is 1550. The second-order valence-electron chi connectivity index (χ2n) is 8.83. The summed E-state index contributed by atoms with van der Waals surface area (Å²) in [7, 11) is 1.68. The van der Waals surface area contributed by atoms with Gasteiger partial charge < -0.3 is 20.1 Å². The lowest BCUT2D eigenvalue weighted by molar-refractivity contribution is 0.0943. The van der Waals surface area contributed by atoms with Gasteiger partial charge in [0.05, 0.1) is 22.8 Å².